The van der Waals surface area contributed by atoms with Crippen LogP contribution in [0, 0.1) is 23.2 Å². The summed E-state index contributed by atoms with van der Waals surface area (Å²) in [5.74, 6) is 5.87. The van der Waals surface area contributed by atoms with E-state index in [-0.39, 0.29) is 29.4 Å². The number of aromatic nitrogens is 1. The molecule has 63 heavy (non-hydrogen) atoms. The van der Waals surface area contributed by atoms with E-state index in [2.05, 4.69) is 75.8 Å². The lowest BCUT2D eigenvalue weighted by Crippen LogP contribution is -2.53. The van der Waals surface area contributed by atoms with Crippen LogP contribution in [0.25, 0.3) is 10.9 Å². The van der Waals surface area contributed by atoms with Crippen LogP contribution in [0.2, 0.25) is 0 Å². The highest BCUT2D eigenvalue weighted by atomic mass is 16.2. The molecule has 11 heteroatoms. The number of aryl methyl sites for hydroxylation is 1. The van der Waals surface area contributed by atoms with Crippen molar-refractivity contribution in [2.75, 3.05) is 50.7 Å². The highest BCUT2D eigenvalue weighted by molar-refractivity contribution is 6.20. The summed E-state index contributed by atoms with van der Waals surface area (Å²) < 4.78 is 0. The number of carbonyl (C=O) groups excluding carboxylic acids is 4. The summed E-state index contributed by atoms with van der Waals surface area (Å²) >= 11 is 0. The Morgan fingerprint density at radius 1 is 0.857 bits per heavy atom. The third-order valence-corrected chi connectivity index (χ3v) is 14.6. The van der Waals surface area contributed by atoms with Crippen molar-refractivity contribution in [3.8, 4) is 17.9 Å². The SMILES string of the molecule is CCc1cc2c(cc1N1CCC(N3CCN(CCCCCCCC#Cc4cccc5c4CN(C4CCC(=O)NC4=O)C5=O)CC3)CC1)C(C)(C)c1[nH]c3cc(C#N)ccc3c1C2=O. The zero-order valence-electron chi connectivity index (χ0n) is 37.1. The van der Waals surface area contributed by atoms with Crippen molar-refractivity contribution < 1.29 is 19.2 Å². The van der Waals surface area contributed by atoms with Crippen molar-refractivity contribution >= 4 is 40.1 Å². The van der Waals surface area contributed by atoms with Gasteiger partial charge < -0.3 is 19.7 Å². The second-order valence-corrected chi connectivity index (χ2v) is 18.7. The molecule has 3 fully saturated rings. The van der Waals surface area contributed by atoms with Gasteiger partial charge in [-0.1, -0.05) is 64.0 Å². The van der Waals surface area contributed by atoms with Gasteiger partial charge in [0, 0.05) is 109 Å². The normalized spacial score (nSPS) is 20.3. The van der Waals surface area contributed by atoms with E-state index < -0.39 is 11.9 Å². The number of fused-ring (bicyclic) bond motifs is 5. The van der Waals surface area contributed by atoms with Crippen molar-refractivity contribution in [1.29, 1.82) is 5.26 Å². The van der Waals surface area contributed by atoms with E-state index in [1.165, 1.54) is 30.5 Å². The van der Waals surface area contributed by atoms with Gasteiger partial charge in [-0.3, -0.25) is 29.4 Å². The van der Waals surface area contributed by atoms with Crippen molar-refractivity contribution in [2.24, 2.45) is 0 Å². The smallest absolute Gasteiger partial charge is 0.255 e. The summed E-state index contributed by atoms with van der Waals surface area (Å²) in [7, 11) is 0. The van der Waals surface area contributed by atoms with Crippen LogP contribution in [0.5, 0.6) is 0 Å². The van der Waals surface area contributed by atoms with Gasteiger partial charge in [0.25, 0.3) is 5.91 Å². The van der Waals surface area contributed by atoms with Crippen molar-refractivity contribution in [3.05, 3.63) is 98.7 Å². The first-order chi connectivity index (χ1) is 30.5. The maximum absolute atomic E-state index is 14.1. The second kappa shape index (κ2) is 17.8. The minimum atomic E-state index is -0.616. The van der Waals surface area contributed by atoms with Crippen LogP contribution in [-0.4, -0.2) is 101 Å². The first-order valence-electron chi connectivity index (χ1n) is 23.3. The number of amides is 3. The molecule has 5 aliphatic rings. The highest BCUT2D eigenvalue weighted by Gasteiger charge is 2.42. The number of ketones is 1. The third kappa shape index (κ3) is 8.18. The molecule has 0 bridgehead atoms. The Morgan fingerprint density at radius 3 is 2.40 bits per heavy atom. The topological polar surface area (TPSA) is 133 Å². The molecule has 4 aliphatic heterocycles. The fourth-order valence-electron chi connectivity index (χ4n) is 10.9. The van der Waals surface area contributed by atoms with Crippen LogP contribution in [0.4, 0.5) is 5.69 Å². The average Bonchev–Trinajstić information content (AvgIpc) is 3.86. The molecule has 2 N–H and O–H groups in total. The van der Waals surface area contributed by atoms with E-state index in [4.69, 9.17) is 0 Å². The molecule has 0 saturated carbocycles. The molecule has 3 aromatic carbocycles. The number of imide groups is 1. The van der Waals surface area contributed by atoms with E-state index >= 15 is 0 Å². The van der Waals surface area contributed by atoms with Crippen LogP contribution < -0.4 is 10.2 Å². The van der Waals surface area contributed by atoms with E-state index in [0.717, 1.165) is 129 Å². The van der Waals surface area contributed by atoms with Crippen molar-refractivity contribution in [1.82, 2.24) is 25.0 Å². The highest BCUT2D eigenvalue weighted by Crippen LogP contribution is 2.46. The van der Waals surface area contributed by atoms with Crippen LogP contribution in [0.1, 0.15) is 145 Å². The summed E-state index contributed by atoms with van der Waals surface area (Å²) in [5, 5.41) is 12.7. The number of piperazine rings is 1. The molecule has 9 rings (SSSR count). The number of hydrogen-bond donors (Lipinski definition) is 2. The van der Waals surface area contributed by atoms with E-state index in [1.54, 1.807) is 17.0 Å². The molecule has 326 valence electrons. The quantitative estimate of drug-likeness (QED) is 0.0920. The van der Waals surface area contributed by atoms with Gasteiger partial charge in [0.1, 0.15) is 6.04 Å². The van der Waals surface area contributed by atoms with Gasteiger partial charge in [0.2, 0.25) is 11.8 Å². The molecule has 11 nitrogen and oxygen atoms in total. The summed E-state index contributed by atoms with van der Waals surface area (Å²) in [5.41, 5.74) is 9.47. The van der Waals surface area contributed by atoms with Crippen molar-refractivity contribution in [3.63, 3.8) is 0 Å². The first kappa shape index (κ1) is 42.5. The zero-order chi connectivity index (χ0) is 43.8. The number of benzene rings is 3. The number of nitriles is 1. The Labute approximate surface area is 371 Å². The fraction of sp³-hybridized carbons (Fsp3) is 0.481. The summed E-state index contributed by atoms with van der Waals surface area (Å²) in [6.07, 6.45) is 10.5. The average molecular weight is 846 g/mol. The van der Waals surface area contributed by atoms with Gasteiger partial charge in [-0.2, -0.15) is 5.26 Å². The first-order valence-corrected chi connectivity index (χ1v) is 23.3. The number of aromatic amines is 1. The maximum atomic E-state index is 14.1. The minimum absolute atomic E-state index is 0.0740. The lowest BCUT2D eigenvalue weighted by Gasteiger charge is -2.44. The van der Waals surface area contributed by atoms with Gasteiger partial charge in [-0.05, 0) is 98.2 Å². The maximum Gasteiger partial charge on any atom is 0.255 e. The minimum Gasteiger partial charge on any atom is -0.371 e. The Balaban J connectivity index is 0.698. The van der Waals surface area contributed by atoms with E-state index in [1.807, 2.05) is 24.3 Å². The predicted molar refractivity (Wildman–Crippen MR) is 245 cm³/mol. The molecule has 0 spiro atoms. The summed E-state index contributed by atoms with van der Waals surface area (Å²) in [6.45, 7) is 14.7. The van der Waals surface area contributed by atoms with Gasteiger partial charge in [-0.25, -0.2) is 0 Å². The molecule has 3 saturated heterocycles. The molecular weight excluding hydrogens is 787 g/mol. The monoisotopic (exact) mass is 845 g/mol. The Hall–Kier alpha value is -5.75. The van der Waals surface area contributed by atoms with Crippen LogP contribution in [0.3, 0.4) is 0 Å². The number of carbonyl (C=O) groups is 4. The number of nitrogens with one attached hydrogen (secondary N) is 2. The number of nitrogens with zero attached hydrogens (tertiary/aromatic N) is 5. The number of piperidine rings is 2. The molecule has 0 radical (unpaired) electrons. The van der Waals surface area contributed by atoms with Crippen LogP contribution in [0.15, 0.2) is 48.5 Å². The van der Waals surface area contributed by atoms with Crippen LogP contribution in [-0.2, 0) is 28.0 Å². The number of hydrogen-bond acceptors (Lipinski definition) is 8. The van der Waals surface area contributed by atoms with Crippen molar-refractivity contribution in [2.45, 2.75) is 115 Å². The van der Waals surface area contributed by atoms with E-state index in [0.29, 0.717) is 30.1 Å². The second-order valence-electron chi connectivity index (χ2n) is 18.7. The lowest BCUT2D eigenvalue weighted by molar-refractivity contribution is -0.136. The molecule has 1 aromatic heterocycles. The third-order valence-electron chi connectivity index (χ3n) is 14.6. The van der Waals surface area contributed by atoms with Gasteiger partial charge >= 0.3 is 0 Å². The predicted octanol–water partition coefficient (Wildman–Crippen LogP) is 7.21. The van der Waals surface area contributed by atoms with Crippen LogP contribution >= 0.6 is 0 Å². The zero-order valence-corrected chi connectivity index (χ0v) is 37.1. The van der Waals surface area contributed by atoms with E-state index in [9.17, 15) is 24.4 Å². The lowest BCUT2D eigenvalue weighted by atomic mass is 9.70. The number of H-pyrrole nitrogens is 1. The van der Waals surface area contributed by atoms with Gasteiger partial charge in [0.05, 0.1) is 17.2 Å². The molecule has 1 aliphatic carbocycles. The summed E-state index contributed by atoms with van der Waals surface area (Å²) in [6, 6.07) is 17.9. The van der Waals surface area contributed by atoms with Gasteiger partial charge in [0.15, 0.2) is 5.78 Å². The fourth-order valence-corrected chi connectivity index (χ4v) is 10.9. The Morgan fingerprint density at radius 2 is 1.63 bits per heavy atom. The Bertz CT molecular complexity index is 2570. The standard InChI is InChI=1S/C52H59N7O4/c1-4-35-30-40-42(52(2,3)49-47(48(40)61)39-17-16-34(32-53)29-43(39)54-49)31-45(35)58-23-20-37(21-24-58)57-27-25-56(26-28-57)22-11-9-7-5-6-8-10-13-36-14-12-15-38-41(36)33-59(51(38)63)44-18-19-46(60)55-50(44)62/h12,14-17,29-31,37,44,54H,4-9,11,18-28,33H2,1-3H3,(H,55,60,62). The molecule has 5 heterocycles. The Kier molecular flexibility index (Phi) is 12.0. The molecule has 3 amide bonds. The molecule has 1 atom stereocenters. The van der Waals surface area contributed by atoms with Gasteiger partial charge in [-0.15, -0.1) is 0 Å². The number of anilines is 1. The number of unbranched alkanes of at least 4 members (excludes halogenated alkanes) is 5. The number of rotatable bonds is 11. The molecule has 1 unspecified atom stereocenters. The molecular formula is C52H59N7O4. The molecule has 4 aromatic rings. The largest absolute Gasteiger partial charge is 0.371 e. The summed E-state index contributed by atoms with van der Waals surface area (Å²) in [4.78, 5) is 64.4.